The number of fused-ring (bicyclic) bond motifs is 2. The zero-order valence-electron chi connectivity index (χ0n) is 18.3. The minimum atomic E-state index is 0.181. The van der Waals surface area contributed by atoms with Crippen LogP contribution in [-0.2, 0) is 6.42 Å². The zero-order chi connectivity index (χ0) is 21.6. The molecule has 3 aromatic carbocycles. The molecule has 0 spiro atoms. The third-order valence-corrected chi connectivity index (χ3v) is 5.83. The first kappa shape index (κ1) is 20.1. The van der Waals surface area contributed by atoms with Gasteiger partial charge in [0.05, 0.1) is 38.3 Å². The van der Waals surface area contributed by atoms with Gasteiger partial charge in [-0.25, -0.2) is 0 Å². The molecule has 1 aliphatic rings. The molecule has 0 saturated carbocycles. The Balaban J connectivity index is 2.14. The van der Waals surface area contributed by atoms with E-state index in [9.17, 15) is 5.11 Å². The highest BCUT2D eigenvalue weighted by Crippen LogP contribution is 2.49. The molecule has 156 valence electrons. The van der Waals surface area contributed by atoms with Crippen LogP contribution in [0, 0.1) is 6.92 Å². The van der Waals surface area contributed by atoms with Crippen molar-refractivity contribution in [2.75, 3.05) is 21.3 Å². The summed E-state index contributed by atoms with van der Waals surface area (Å²) in [6.45, 7) is 6.04. The molecule has 5 nitrogen and oxygen atoms in total. The van der Waals surface area contributed by atoms with Crippen molar-refractivity contribution in [2.24, 2.45) is 4.99 Å². The molecule has 4 rings (SSSR count). The number of nitrogens with zero attached hydrogens (tertiary/aromatic N) is 1. The van der Waals surface area contributed by atoms with Crippen molar-refractivity contribution < 1.29 is 19.3 Å². The molecule has 0 radical (unpaired) electrons. The van der Waals surface area contributed by atoms with Gasteiger partial charge in [0.1, 0.15) is 23.0 Å². The van der Waals surface area contributed by atoms with Gasteiger partial charge in [-0.15, -0.1) is 0 Å². The molecule has 5 heteroatoms. The minimum Gasteiger partial charge on any atom is -0.506 e. The summed E-state index contributed by atoms with van der Waals surface area (Å²) in [5, 5.41) is 13.3. The normalized spacial score (nSPS) is 15.5. The maximum Gasteiger partial charge on any atom is 0.136 e. The smallest absolute Gasteiger partial charge is 0.136 e. The maximum atomic E-state index is 11.5. The molecular weight excluding hydrogens is 378 g/mol. The molecule has 0 fully saturated rings. The number of methoxy groups -OCH3 is 3. The number of aromatic hydroxyl groups is 1. The zero-order valence-corrected chi connectivity index (χ0v) is 18.3. The fourth-order valence-electron chi connectivity index (χ4n) is 4.63. The lowest BCUT2D eigenvalue weighted by molar-refractivity contribution is 0.404. The number of hydrogen-bond acceptors (Lipinski definition) is 5. The standard InChI is InChI=1S/C25H27NO4/c1-13-10-19(29-5)23-17(8-7-9-18(23)28-4)21(13)24-20(30-6)12-16-11-14(2)26-15(3)22(16)25(24)27/h7-10,12,14,27H,11H2,1-6H3. The van der Waals surface area contributed by atoms with Crippen LogP contribution in [0.15, 0.2) is 35.3 Å². The van der Waals surface area contributed by atoms with Crippen LogP contribution in [0.2, 0.25) is 0 Å². The lowest BCUT2D eigenvalue weighted by Crippen LogP contribution is -2.17. The summed E-state index contributed by atoms with van der Waals surface area (Å²) < 4.78 is 17.0. The number of ether oxygens (including phenoxy) is 3. The van der Waals surface area contributed by atoms with Crippen LogP contribution in [-0.4, -0.2) is 38.2 Å². The van der Waals surface area contributed by atoms with Gasteiger partial charge in [-0.3, -0.25) is 4.99 Å². The fourth-order valence-corrected chi connectivity index (χ4v) is 4.63. The Labute approximate surface area is 176 Å². The lowest BCUT2D eigenvalue weighted by atomic mass is 9.86. The van der Waals surface area contributed by atoms with E-state index >= 15 is 0 Å². The van der Waals surface area contributed by atoms with E-state index in [2.05, 4.69) is 6.92 Å². The van der Waals surface area contributed by atoms with Gasteiger partial charge in [-0.05, 0) is 61.9 Å². The molecule has 0 aromatic heterocycles. The number of aryl methyl sites for hydroxylation is 1. The number of rotatable bonds is 4. The Bertz CT molecular complexity index is 1180. The predicted octanol–water partition coefficient (Wildman–Crippen LogP) is 5.30. The molecule has 30 heavy (non-hydrogen) atoms. The first-order valence-corrected chi connectivity index (χ1v) is 10.0. The van der Waals surface area contributed by atoms with Gasteiger partial charge in [0.15, 0.2) is 0 Å². The quantitative estimate of drug-likeness (QED) is 0.640. The Morgan fingerprint density at radius 3 is 2.27 bits per heavy atom. The Morgan fingerprint density at radius 2 is 1.60 bits per heavy atom. The number of benzene rings is 3. The van der Waals surface area contributed by atoms with Crippen LogP contribution in [0.5, 0.6) is 23.0 Å². The minimum absolute atomic E-state index is 0.181. The topological polar surface area (TPSA) is 60.3 Å². The van der Waals surface area contributed by atoms with E-state index in [4.69, 9.17) is 19.2 Å². The number of hydrogen-bond donors (Lipinski definition) is 1. The SMILES string of the molecule is COc1cc2c(c(O)c1-c1c(C)cc(OC)c3c(OC)cccc13)C(C)=NC(C)C2. The van der Waals surface area contributed by atoms with E-state index in [1.165, 1.54) is 0 Å². The second kappa shape index (κ2) is 7.56. The number of phenolic OH excluding ortho intramolecular Hbond substituents is 1. The molecular formula is C25H27NO4. The van der Waals surface area contributed by atoms with Crippen LogP contribution < -0.4 is 14.2 Å². The van der Waals surface area contributed by atoms with Gasteiger partial charge in [-0.1, -0.05) is 12.1 Å². The van der Waals surface area contributed by atoms with Crippen molar-refractivity contribution in [3.05, 3.63) is 47.0 Å². The second-order valence-electron chi connectivity index (χ2n) is 7.76. The number of aliphatic imine (C=N–C) groups is 1. The van der Waals surface area contributed by atoms with Gasteiger partial charge < -0.3 is 19.3 Å². The van der Waals surface area contributed by atoms with E-state index < -0.39 is 0 Å². The lowest BCUT2D eigenvalue weighted by Gasteiger charge is -2.25. The van der Waals surface area contributed by atoms with E-state index in [0.717, 1.165) is 50.9 Å². The van der Waals surface area contributed by atoms with Crippen LogP contribution in [0.3, 0.4) is 0 Å². The molecule has 0 saturated heterocycles. The van der Waals surface area contributed by atoms with Gasteiger partial charge in [0, 0.05) is 16.8 Å². The van der Waals surface area contributed by atoms with Gasteiger partial charge in [0.25, 0.3) is 0 Å². The largest absolute Gasteiger partial charge is 0.506 e. The maximum absolute atomic E-state index is 11.5. The Hall–Kier alpha value is -3.21. The average molecular weight is 405 g/mol. The van der Waals surface area contributed by atoms with Crippen molar-refractivity contribution in [2.45, 2.75) is 33.2 Å². The predicted molar refractivity (Wildman–Crippen MR) is 121 cm³/mol. The van der Waals surface area contributed by atoms with E-state index in [0.29, 0.717) is 17.1 Å². The summed E-state index contributed by atoms with van der Waals surface area (Å²) in [7, 11) is 4.93. The van der Waals surface area contributed by atoms with Crippen molar-refractivity contribution in [1.82, 2.24) is 0 Å². The monoisotopic (exact) mass is 405 g/mol. The van der Waals surface area contributed by atoms with Gasteiger partial charge in [-0.2, -0.15) is 0 Å². The van der Waals surface area contributed by atoms with Crippen LogP contribution in [0.25, 0.3) is 21.9 Å². The first-order valence-electron chi connectivity index (χ1n) is 10.0. The molecule has 1 heterocycles. The average Bonchev–Trinajstić information content (AvgIpc) is 2.72. The summed E-state index contributed by atoms with van der Waals surface area (Å²) in [5.41, 5.74) is 5.24. The highest BCUT2D eigenvalue weighted by Gasteiger charge is 2.27. The molecule has 0 bridgehead atoms. The Kier molecular flexibility index (Phi) is 5.06. The molecule has 1 aliphatic heterocycles. The van der Waals surface area contributed by atoms with E-state index in [1.807, 2.05) is 44.2 Å². The first-order chi connectivity index (χ1) is 14.4. The third kappa shape index (κ3) is 2.96. The van der Waals surface area contributed by atoms with Crippen molar-refractivity contribution in [3.8, 4) is 34.1 Å². The van der Waals surface area contributed by atoms with Crippen molar-refractivity contribution in [1.29, 1.82) is 0 Å². The second-order valence-corrected chi connectivity index (χ2v) is 7.76. The van der Waals surface area contributed by atoms with Crippen molar-refractivity contribution >= 4 is 16.5 Å². The molecule has 0 amide bonds. The third-order valence-electron chi connectivity index (χ3n) is 5.83. The molecule has 3 aromatic rings. The van der Waals surface area contributed by atoms with E-state index in [1.54, 1.807) is 21.3 Å². The van der Waals surface area contributed by atoms with Gasteiger partial charge in [0.2, 0.25) is 0 Å². The van der Waals surface area contributed by atoms with Crippen LogP contribution >= 0.6 is 0 Å². The summed E-state index contributed by atoms with van der Waals surface area (Å²) >= 11 is 0. The Morgan fingerprint density at radius 1 is 0.900 bits per heavy atom. The highest BCUT2D eigenvalue weighted by atomic mass is 16.5. The molecule has 1 unspecified atom stereocenters. The highest BCUT2D eigenvalue weighted by molar-refractivity contribution is 6.10. The van der Waals surface area contributed by atoms with Crippen LogP contribution in [0.4, 0.5) is 0 Å². The molecule has 1 N–H and O–H groups in total. The summed E-state index contributed by atoms with van der Waals surface area (Å²) in [6.07, 6.45) is 0.771. The fraction of sp³-hybridized carbons (Fsp3) is 0.320. The van der Waals surface area contributed by atoms with Crippen molar-refractivity contribution in [3.63, 3.8) is 0 Å². The summed E-state index contributed by atoms with van der Waals surface area (Å²) in [6, 6.07) is 10.1. The van der Waals surface area contributed by atoms with E-state index in [-0.39, 0.29) is 11.8 Å². The number of phenols is 1. The molecule has 0 aliphatic carbocycles. The van der Waals surface area contributed by atoms with Crippen LogP contribution in [0.1, 0.15) is 30.5 Å². The van der Waals surface area contributed by atoms with Gasteiger partial charge >= 0.3 is 0 Å². The summed E-state index contributed by atoms with van der Waals surface area (Å²) in [5.74, 6) is 2.29. The summed E-state index contributed by atoms with van der Waals surface area (Å²) in [4.78, 5) is 4.69. The molecule has 1 atom stereocenters.